The average molecular weight is 481 g/mol. The van der Waals surface area contributed by atoms with Crippen molar-refractivity contribution < 1.29 is 31.3 Å². The highest BCUT2D eigenvalue weighted by atomic mass is 79.9. The van der Waals surface area contributed by atoms with Crippen molar-refractivity contribution in [3.63, 3.8) is 0 Å². The standard InChI is InChI=1S/C17H17BrF3N3O3S/c18-14-4-1-11(9-16(14)27-17(19,20)21)5-8-24(28(25)26)15-10-23(22)7-6-13(15)12-2-3-12/h1,4,6-7,9-10,12H,2-3,5,8,22H2/p+1. The van der Waals surface area contributed by atoms with E-state index in [4.69, 9.17) is 5.84 Å². The van der Waals surface area contributed by atoms with Crippen molar-refractivity contribution in [3.05, 3.63) is 52.3 Å². The first kappa shape index (κ1) is 20.9. The van der Waals surface area contributed by atoms with Crippen molar-refractivity contribution in [2.75, 3.05) is 16.7 Å². The van der Waals surface area contributed by atoms with Crippen molar-refractivity contribution in [1.82, 2.24) is 0 Å². The number of rotatable bonds is 7. The fraction of sp³-hybridized carbons (Fsp3) is 0.353. The van der Waals surface area contributed by atoms with Crippen LogP contribution in [0.4, 0.5) is 18.9 Å². The van der Waals surface area contributed by atoms with E-state index >= 15 is 0 Å². The van der Waals surface area contributed by atoms with Crippen LogP contribution < -0.4 is 19.6 Å². The minimum absolute atomic E-state index is 0.111. The van der Waals surface area contributed by atoms with E-state index in [1.807, 2.05) is 6.07 Å². The van der Waals surface area contributed by atoms with Crippen LogP contribution in [0, 0.1) is 0 Å². The quantitative estimate of drug-likeness (QED) is 0.361. The van der Waals surface area contributed by atoms with Gasteiger partial charge in [0.15, 0.2) is 6.20 Å². The van der Waals surface area contributed by atoms with Crippen LogP contribution in [-0.4, -0.2) is 21.7 Å². The lowest BCUT2D eigenvalue weighted by molar-refractivity contribution is -0.638. The predicted octanol–water partition coefficient (Wildman–Crippen LogP) is 3.41. The fourth-order valence-corrected chi connectivity index (χ4v) is 3.77. The van der Waals surface area contributed by atoms with Gasteiger partial charge in [0.25, 0.3) is 11.3 Å². The lowest BCUT2D eigenvalue weighted by atomic mass is 10.1. The molecule has 3 rings (SSSR count). The number of hydrogen-bond acceptors (Lipinski definition) is 3. The van der Waals surface area contributed by atoms with Crippen LogP contribution in [0.3, 0.4) is 0 Å². The van der Waals surface area contributed by atoms with Gasteiger partial charge in [0.2, 0.25) is 6.20 Å². The molecule has 1 unspecified atom stereocenters. The van der Waals surface area contributed by atoms with E-state index < -0.39 is 17.6 Å². The summed E-state index contributed by atoms with van der Waals surface area (Å²) in [5.74, 6) is 5.73. The molecule has 28 heavy (non-hydrogen) atoms. The molecule has 1 saturated carbocycles. The van der Waals surface area contributed by atoms with Gasteiger partial charge < -0.3 is 4.74 Å². The molecular weight excluding hydrogens is 463 g/mol. The Hall–Kier alpha value is -1.85. The van der Waals surface area contributed by atoms with Crippen LogP contribution in [0.1, 0.15) is 29.9 Å². The molecule has 1 atom stereocenters. The van der Waals surface area contributed by atoms with E-state index in [2.05, 4.69) is 20.7 Å². The Morgan fingerprint density at radius 2 is 2.07 bits per heavy atom. The number of nitrogens with zero attached hydrogens (tertiary/aromatic N) is 2. The number of benzene rings is 1. The first-order valence-corrected chi connectivity index (χ1v) is 10.2. The smallest absolute Gasteiger partial charge is 0.405 e. The molecule has 1 fully saturated rings. The second kappa shape index (κ2) is 8.26. The first-order valence-electron chi connectivity index (χ1n) is 8.37. The molecule has 0 radical (unpaired) electrons. The number of pyridine rings is 1. The maximum atomic E-state index is 12.5. The van der Waals surface area contributed by atoms with Gasteiger partial charge in [-0.2, -0.15) is 0 Å². The van der Waals surface area contributed by atoms with Gasteiger partial charge in [-0.05, 0) is 64.4 Å². The summed E-state index contributed by atoms with van der Waals surface area (Å²) in [6.45, 7) is 0.111. The highest BCUT2D eigenvalue weighted by Gasteiger charge is 2.33. The Morgan fingerprint density at radius 3 is 2.68 bits per heavy atom. The molecule has 1 aromatic carbocycles. The van der Waals surface area contributed by atoms with Crippen LogP contribution in [0.2, 0.25) is 0 Å². The summed E-state index contributed by atoms with van der Waals surface area (Å²) in [5.41, 5.74) is 2.00. The highest BCUT2D eigenvalue weighted by molar-refractivity contribution is 9.10. The number of nitrogens with two attached hydrogens (primary N) is 1. The van der Waals surface area contributed by atoms with E-state index in [0.717, 1.165) is 18.4 Å². The number of anilines is 1. The zero-order chi connectivity index (χ0) is 20.5. The Labute approximate surface area is 170 Å². The topological polar surface area (TPSA) is 79.7 Å². The van der Waals surface area contributed by atoms with E-state index in [-0.39, 0.29) is 23.2 Å². The van der Waals surface area contributed by atoms with Crippen molar-refractivity contribution in [1.29, 1.82) is 0 Å². The fourth-order valence-electron chi connectivity index (χ4n) is 2.88. The van der Waals surface area contributed by atoms with E-state index in [1.54, 1.807) is 18.5 Å². The van der Waals surface area contributed by atoms with Gasteiger partial charge in [-0.3, -0.25) is 8.86 Å². The summed E-state index contributed by atoms with van der Waals surface area (Å²) >= 11 is 0.706. The minimum atomic E-state index is -4.81. The molecule has 11 heteroatoms. The second-order valence-electron chi connectivity index (χ2n) is 6.40. The SMILES string of the molecule is N[n+]1ccc(C2CC2)c(N(CCc2ccc(Br)c(OC(F)(F)F)c2)S(=O)O)c1. The van der Waals surface area contributed by atoms with Crippen LogP contribution in [0.15, 0.2) is 41.1 Å². The molecule has 0 amide bonds. The molecule has 1 aromatic heterocycles. The number of ether oxygens (including phenoxy) is 1. The number of hydrogen-bond donors (Lipinski definition) is 2. The van der Waals surface area contributed by atoms with E-state index in [1.165, 1.54) is 21.1 Å². The summed E-state index contributed by atoms with van der Waals surface area (Å²) in [6, 6.07) is 6.15. The molecule has 1 aliphatic carbocycles. The van der Waals surface area contributed by atoms with Crippen molar-refractivity contribution in [2.24, 2.45) is 0 Å². The zero-order valence-electron chi connectivity index (χ0n) is 14.5. The number of halogens is 4. The lowest BCUT2D eigenvalue weighted by Crippen LogP contribution is -2.45. The van der Waals surface area contributed by atoms with Gasteiger partial charge in [0.1, 0.15) is 11.4 Å². The Balaban J connectivity index is 1.81. The normalized spacial score (nSPS) is 15.3. The largest absolute Gasteiger partial charge is 0.573 e. The second-order valence-corrected chi connectivity index (χ2v) is 8.16. The number of alkyl halides is 3. The molecule has 3 N–H and O–H groups in total. The van der Waals surface area contributed by atoms with Crippen molar-refractivity contribution >= 4 is 32.9 Å². The van der Waals surface area contributed by atoms with E-state index in [0.29, 0.717) is 17.2 Å². The van der Waals surface area contributed by atoms with Gasteiger partial charge >= 0.3 is 6.36 Å². The number of aromatic nitrogens is 1. The molecule has 1 aliphatic rings. The minimum Gasteiger partial charge on any atom is -0.405 e. The van der Waals surface area contributed by atoms with Crippen LogP contribution in [0.25, 0.3) is 0 Å². The third-order valence-electron chi connectivity index (χ3n) is 4.29. The summed E-state index contributed by atoms with van der Waals surface area (Å²) in [6.07, 6.45) is 0.665. The van der Waals surface area contributed by atoms with Crippen LogP contribution in [0.5, 0.6) is 5.75 Å². The third kappa shape index (κ3) is 5.36. The molecule has 152 valence electrons. The molecule has 1 heterocycles. The third-order valence-corrected chi connectivity index (χ3v) is 5.70. The number of nitrogen functional groups attached to an aromatic ring is 1. The van der Waals surface area contributed by atoms with Gasteiger partial charge in [-0.15, -0.1) is 13.2 Å². The predicted molar refractivity (Wildman–Crippen MR) is 101 cm³/mol. The van der Waals surface area contributed by atoms with Crippen LogP contribution >= 0.6 is 15.9 Å². The average Bonchev–Trinajstić information content (AvgIpc) is 3.41. The van der Waals surface area contributed by atoms with Gasteiger partial charge in [0.05, 0.1) is 4.47 Å². The van der Waals surface area contributed by atoms with E-state index in [9.17, 15) is 21.9 Å². The Kier molecular flexibility index (Phi) is 6.15. The Morgan fingerprint density at radius 1 is 1.36 bits per heavy atom. The first-order chi connectivity index (χ1) is 13.1. The van der Waals surface area contributed by atoms with Crippen LogP contribution in [-0.2, 0) is 17.7 Å². The molecule has 0 bridgehead atoms. The molecule has 0 aliphatic heterocycles. The van der Waals surface area contributed by atoms with Crippen molar-refractivity contribution in [2.45, 2.75) is 31.5 Å². The maximum absolute atomic E-state index is 12.5. The molecule has 6 nitrogen and oxygen atoms in total. The zero-order valence-corrected chi connectivity index (χ0v) is 16.9. The summed E-state index contributed by atoms with van der Waals surface area (Å²) in [7, 11) is 0. The molecular formula is C17H18BrF3N3O3S+. The summed E-state index contributed by atoms with van der Waals surface area (Å²) < 4.78 is 66.0. The Bertz CT molecular complexity index is 894. The monoisotopic (exact) mass is 480 g/mol. The molecule has 0 saturated heterocycles. The molecule has 2 aromatic rings. The lowest BCUT2D eigenvalue weighted by Gasteiger charge is -2.21. The summed E-state index contributed by atoms with van der Waals surface area (Å²) in [5, 5.41) is 0. The van der Waals surface area contributed by atoms with Gasteiger partial charge in [0, 0.05) is 12.6 Å². The van der Waals surface area contributed by atoms with Gasteiger partial charge in [-0.25, -0.2) is 10.1 Å². The summed E-state index contributed by atoms with van der Waals surface area (Å²) in [4.78, 5) is 0. The van der Waals surface area contributed by atoms with Gasteiger partial charge in [-0.1, -0.05) is 10.7 Å². The maximum Gasteiger partial charge on any atom is 0.573 e. The highest BCUT2D eigenvalue weighted by Crippen LogP contribution is 2.44. The molecule has 0 spiro atoms. The van der Waals surface area contributed by atoms with Crippen molar-refractivity contribution in [3.8, 4) is 5.75 Å².